The van der Waals surface area contributed by atoms with Crippen molar-refractivity contribution in [1.82, 2.24) is 9.88 Å². The average Bonchev–Trinajstić information content (AvgIpc) is 2.47. The quantitative estimate of drug-likeness (QED) is 0.914. The van der Waals surface area contributed by atoms with Gasteiger partial charge in [0, 0.05) is 37.6 Å². The lowest BCUT2D eigenvalue weighted by atomic mass is 10.1. The molecule has 1 fully saturated rings. The predicted molar refractivity (Wildman–Crippen MR) is 77.4 cm³/mol. The minimum Gasteiger partial charge on any atom is -0.379 e. The zero-order chi connectivity index (χ0) is 13.1. The fourth-order valence-electron chi connectivity index (χ4n) is 2.50. The molecule has 4 nitrogen and oxygen atoms in total. The predicted octanol–water partition coefficient (Wildman–Crippen LogP) is 2.11. The lowest BCUT2D eigenvalue weighted by Crippen LogP contribution is -2.35. The number of hydrogen-bond donors (Lipinski definition) is 1. The Morgan fingerprint density at radius 3 is 2.84 bits per heavy atom. The van der Waals surface area contributed by atoms with E-state index in [1.165, 1.54) is 10.9 Å². The van der Waals surface area contributed by atoms with Crippen LogP contribution in [0.15, 0.2) is 30.3 Å². The number of nitrogens with one attached hydrogen (secondary N) is 1. The second-order valence-corrected chi connectivity index (χ2v) is 4.83. The van der Waals surface area contributed by atoms with Crippen molar-refractivity contribution in [1.29, 1.82) is 0 Å². The third-order valence-electron chi connectivity index (χ3n) is 3.54. The smallest absolute Gasteiger partial charge is 0.130 e. The van der Waals surface area contributed by atoms with Gasteiger partial charge in [-0.05, 0) is 12.1 Å². The highest BCUT2D eigenvalue weighted by Crippen LogP contribution is 2.21. The number of pyridine rings is 1. The van der Waals surface area contributed by atoms with Crippen LogP contribution < -0.4 is 5.32 Å². The molecule has 0 atom stereocenters. The summed E-state index contributed by atoms with van der Waals surface area (Å²) in [6.45, 7) is 4.58. The number of aromatic nitrogens is 1. The van der Waals surface area contributed by atoms with Gasteiger partial charge in [-0.1, -0.05) is 18.2 Å². The van der Waals surface area contributed by atoms with Gasteiger partial charge in [-0.25, -0.2) is 4.98 Å². The second-order valence-electron chi connectivity index (χ2n) is 4.83. The van der Waals surface area contributed by atoms with Gasteiger partial charge in [-0.2, -0.15) is 0 Å². The highest BCUT2D eigenvalue weighted by Gasteiger charge is 2.13. The number of hydrogen-bond acceptors (Lipinski definition) is 4. The van der Waals surface area contributed by atoms with Gasteiger partial charge in [0.2, 0.25) is 0 Å². The molecular weight excluding hydrogens is 238 g/mol. The molecule has 2 aromatic rings. The van der Waals surface area contributed by atoms with Crippen LogP contribution in [-0.2, 0) is 11.3 Å². The standard InChI is InChI=1S/C15H19N3O/c1-16-15-13(11-18-6-8-19-9-7-18)10-12-4-2-3-5-14(12)17-15/h2-5,10H,6-9,11H2,1H3,(H,16,17). The molecular formula is C15H19N3O. The van der Waals surface area contributed by atoms with Crippen molar-refractivity contribution < 1.29 is 4.74 Å². The molecule has 0 aliphatic carbocycles. The Hall–Kier alpha value is -1.65. The zero-order valence-corrected chi connectivity index (χ0v) is 11.2. The summed E-state index contributed by atoms with van der Waals surface area (Å²) in [5.74, 6) is 0.977. The molecule has 4 heteroatoms. The fraction of sp³-hybridized carbons (Fsp3) is 0.400. The highest BCUT2D eigenvalue weighted by atomic mass is 16.5. The van der Waals surface area contributed by atoms with Crippen molar-refractivity contribution in [2.75, 3.05) is 38.7 Å². The molecule has 0 saturated carbocycles. The Kier molecular flexibility index (Phi) is 3.62. The molecule has 0 bridgehead atoms. The molecule has 1 aliphatic heterocycles. The lowest BCUT2D eigenvalue weighted by Gasteiger charge is -2.27. The van der Waals surface area contributed by atoms with Gasteiger partial charge in [0.05, 0.1) is 18.7 Å². The maximum Gasteiger partial charge on any atom is 0.130 e. The maximum absolute atomic E-state index is 5.39. The lowest BCUT2D eigenvalue weighted by molar-refractivity contribution is 0.0342. The first-order valence-corrected chi connectivity index (χ1v) is 6.73. The summed E-state index contributed by atoms with van der Waals surface area (Å²) in [5.41, 5.74) is 2.29. The van der Waals surface area contributed by atoms with Crippen LogP contribution in [0.2, 0.25) is 0 Å². The largest absolute Gasteiger partial charge is 0.379 e. The first-order chi connectivity index (χ1) is 9.36. The molecule has 3 rings (SSSR count). The van der Waals surface area contributed by atoms with E-state index in [2.05, 4.69) is 34.5 Å². The first-order valence-electron chi connectivity index (χ1n) is 6.73. The van der Waals surface area contributed by atoms with Crippen LogP contribution >= 0.6 is 0 Å². The van der Waals surface area contributed by atoms with Crippen LogP contribution in [0, 0.1) is 0 Å². The molecule has 1 aliphatic rings. The Labute approximate surface area is 113 Å². The highest BCUT2D eigenvalue weighted by molar-refractivity contribution is 5.81. The van der Waals surface area contributed by atoms with Crippen molar-refractivity contribution in [2.45, 2.75) is 6.54 Å². The molecule has 19 heavy (non-hydrogen) atoms. The Morgan fingerprint density at radius 1 is 1.26 bits per heavy atom. The number of benzene rings is 1. The molecule has 100 valence electrons. The summed E-state index contributed by atoms with van der Waals surface area (Å²) in [7, 11) is 1.93. The monoisotopic (exact) mass is 257 g/mol. The maximum atomic E-state index is 5.39. The minimum absolute atomic E-state index is 0.829. The average molecular weight is 257 g/mol. The van der Waals surface area contributed by atoms with Gasteiger partial charge in [0.25, 0.3) is 0 Å². The number of para-hydroxylation sites is 1. The summed E-state index contributed by atoms with van der Waals surface area (Å²) in [6.07, 6.45) is 0. The molecule has 1 saturated heterocycles. The zero-order valence-electron chi connectivity index (χ0n) is 11.2. The molecule has 0 unspecified atom stereocenters. The van der Waals surface area contributed by atoms with Gasteiger partial charge < -0.3 is 10.1 Å². The second kappa shape index (κ2) is 5.55. The normalized spacial score (nSPS) is 16.7. The Morgan fingerprint density at radius 2 is 2.05 bits per heavy atom. The third-order valence-corrected chi connectivity index (χ3v) is 3.54. The van der Waals surface area contributed by atoms with E-state index in [0.717, 1.165) is 44.2 Å². The van der Waals surface area contributed by atoms with E-state index in [1.54, 1.807) is 0 Å². The topological polar surface area (TPSA) is 37.4 Å². The molecule has 0 radical (unpaired) electrons. The molecule has 1 N–H and O–H groups in total. The molecule has 1 aromatic heterocycles. The van der Waals surface area contributed by atoms with Crippen LogP contribution in [0.3, 0.4) is 0 Å². The van der Waals surface area contributed by atoms with Crippen LogP contribution in [0.5, 0.6) is 0 Å². The number of anilines is 1. The minimum atomic E-state index is 0.829. The SMILES string of the molecule is CNc1nc2ccccc2cc1CN1CCOCC1. The number of fused-ring (bicyclic) bond motifs is 1. The molecule has 0 amide bonds. The van der Waals surface area contributed by atoms with Crippen molar-refractivity contribution >= 4 is 16.7 Å². The van der Waals surface area contributed by atoms with Crippen molar-refractivity contribution in [3.8, 4) is 0 Å². The molecule has 2 heterocycles. The number of nitrogens with zero attached hydrogens (tertiary/aromatic N) is 2. The summed E-state index contributed by atoms with van der Waals surface area (Å²) >= 11 is 0. The van der Waals surface area contributed by atoms with E-state index in [1.807, 2.05) is 13.1 Å². The van der Waals surface area contributed by atoms with E-state index in [0.29, 0.717) is 0 Å². The fourth-order valence-corrected chi connectivity index (χ4v) is 2.50. The van der Waals surface area contributed by atoms with Gasteiger partial charge in [0.15, 0.2) is 0 Å². The first kappa shape index (κ1) is 12.4. The van der Waals surface area contributed by atoms with Crippen LogP contribution in [-0.4, -0.2) is 43.2 Å². The summed E-state index contributed by atoms with van der Waals surface area (Å²) in [6, 6.07) is 10.5. The van der Waals surface area contributed by atoms with E-state index in [-0.39, 0.29) is 0 Å². The molecule has 0 spiro atoms. The Balaban J connectivity index is 1.91. The van der Waals surface area contributed by atoms with E-state index in [9.17, 15) is 0 Å². The Bertz CT molecular complexity index is 564. The van der Waals surface area contributed by atoms with Crippen LogP contribution in [0.1, 0.15) is 5.56 Å². The summed E-state index contributed by atoms with van der Waals surface area (Å²) in [5, 5.41) is 4.41. The van der Waals surface area contributed by atoms with E-state index >= 15 is 0 Å². The van der Waals surface area contributed by atoms with Gasteiger partial charge in [-0.15, -0.1) is 0 Å². The van der Waals surface area contributed by atoms with Crippen molar-refractivity contribution in [3.63, 3.8) is 0 Å². The van der Waals surface area contributed by atoms with Gasteiger partial charge in [-0.3, -0.25) is 4.90 Å². The van der Waals surface area contributed by atoms with Crippen LogP contribution in [0.4, 0.5) is 5.82 Å². The van der Waals surface area contributed by atoms with Crippen LogP contribution in [0.25, 0.3) is 10.9 Å². The van der Waals surface area contributed by atoms with Gasteiger partial charge >= 0.3 is 0 Å². The summed E-state index contributed by atoms with van der Waals surface area (Å²) < 4.78 is 5.39. The number of rotatable bonds is 3. The van der Waals surface area contributed by atoms with Crippen molar-refractivity contribution in [2.24, 2.45) is 0 Å². The number of morpholine rings is 1. The van der Waals surface area contributed by atoms with E-state index in [4.69, 9.17) is 9.72 Å². The third kappa shape index (κ3) is 2.69. The van der Waals surface area contributed by atoms with E-state index < -0.39 is 0 Å². The summed E-state index contributed by atoms with van der Waals surface area (Å²) in [4.78, 5) is 7.10. The number of ether oxygens (including phenoxy) is 1. The van der Waals surface area contributed by atoms with Crippen molar-refractivity contribution in [3.05, 3.63) is 35.9 Å². The molecule has 1 aromatic carbocycles. The van der Waals surface area contributed by atoms with Gasteiger partial charge in [0.1, 0.15) is 5.82 Å².